The molecule has 4 aromatic heterocycles. The Labute approximate surface area is 224 Å². The molecule has 6 rings (SSSR count). The average molecular weight is 518 g/mol. The third-order valence-electron chi connectivity index (χ3n) is 7.79. The van der Waals surface area contributed by atoms with Crippen molar-refractivity contribution in [3.8, 4) is 11.1 Å². The van der Waals surface area contributed by atoms with Crippen molar-refractivity contribution in [2.24, 2.45) is 0 Å². The molecule has 0 unspecified atom stereocenters. The van der Waals surface area contributed by atoms with Gasteiger partial charge in [-0.1, -0.05) is 13.8 Å². The molecule has 202 valence electrons. The van der Waals surface area contributed by atoms with E-state index in [1.165, 1.54) is 5.69 Å². The van der Waals surface area contributed by atoms with Gasteiger partial charge in [0.15, 0.2) is 5.65 Å². The molecule has 2 aliphatic rings. The first kappa shape index (κ1) is 25.3. The summed E-state index contributed by atoms with van der Waals surface area (Å²) in [7, 11) is 0. The van der Waals surface area contributed by atoms with Gasteiger partial charge in [0.2, 0.25) is 0 Å². The van der Waals surface area contributed by atoms with E-state index >= 15 is 0 Å². The lowest BCUT2D eigenvalue weighted by atomic mass is 10.0. The van der Waals surface area contributed by atoms with Crippen LogP contribution in [0.2, 0.25) is 0 Å². The van der Waals surface area contributed by atoms with Crippen LogP contribution in [0.25, 0.3) is 33.2 Å². The van der Waals surface area contributed by atoms with Crippen LogP contribution in [0.5, 0.6) is 0 Å². The van der Waals surface area contributed by atoms with Crippen LogP contribution in [-0.4, -0.2) is 88.4 Å². The number of hydrogen-bond donors (Lipinski definition) is 0. The van der Waals surface area contributed by atoms with Gasteiger partial charge >= 0.3 is 0 Å². The molecule has 4 aromatic rings. The summed E-state index contributed by atoms with van der Waals surface area (Å²) in [5.74, 6) is 0.314. The summed E-state index contributed by atoms with van der Waals surface area (Å²) in [6, 6.07) is 4.86. The molecule has 0 aliphatic carbocycles. The van der Waals surface area contributed by atoms with Gasteiger partial charge in [0, 0.05) is 73.9 Å². The predicted octanol–water partition coefficient (Wildman–Crippen LogP) is 4.32. The molecule has 0 spiro atoms. The van der Waals surface area contributed by atoms with Gasteiger partial charge in [0.05, 0.1) is 49.9 Å². The fourth-order valence-corrected chi connectivity index (χ4v) is 5.61. The van der Waals surface area contributed by atoms with Crippen LogP contribution in [0.3, 0.4) is 0 Å². The molecular formula is C29H39N7O2. The first-order chi connectivity index (χ1) is 18.5. The van der Waals surface area contributed by atoms with Crippen LogP contribution in [0, 0.1) is 0 Å². The minimum Gasteiger partial charge on any atom is -0.379 e. The lowest BCUT2D eigenvalue weighted by molar-refractivity contribution is 0.0361. The van der Waals surface area contributed by atoms with Crippen molar-refractivity contribution >= 4 is 27.8 Å². The molecule has 38 heavy (non-hydrogen) atoms. The van der Waals surface area contributed by atoms with Crippen molar-refractivity contribution in [3.05, 3.63) is 36.4 Å². The van der Waals surface area contributed by atoms with Crippen LogP contribution in [0.1, 0.15) is 45.3 Å². The molecule has 2 saturated heterocycles. The summed E-state index contributed by atoms with van der Waals surface area (Å²) in [6.45, 7) is 17.5. The second-order valence-corrected chi connectivity index (χ2v) is 11.0. The Kier molecular flexibility index (Phi) is 7.07. The molecule has 0 aromatic carbocycles. The zero-order chi connectivity index (χ0) is 26.2. The van der Waals surface area contributed by atoms with E-state index in [-0.39, 0.29) is 0 Å². The van der Waals surface area contributed by atoms with E-state index in [1.807, 2.05) is 12.4 Å². The highest BCUT2D eigenvalue weighted by atomic mass is 16.5. The van der Waals surface area contributed by atoms with Gasteiger partial charge in [-0.05, 0) is 31.9 Å². The van der Waals surface area contributed by atoms with Crippen LogP contribution in [0.15, 0.2) is 30.7 Å². The largest absolute Gasteiger partial charge is 0.379 e. The first-order valence-corrected chi connectivity index (χ1v) is 14.0. The van der Waals surface area contributed by atoms with E-state index in [1.54, 1.807) is 0 Å². The lowest BCUT2D eigenvalue weighted by Gasteiger charge is -2.27. The number of anilines is 1. The van der Waals surface area contributed by atoms with Crippen LogP contribution in [0.4, 0.5) is 5.69 Å². The Morgan fingerprint density at radius 3 is 2.24 bits per heavy atom. The van der Waals surface area contributed by atoms with Crippen molar-refractivity contribution in [1.29, 1.82) is 0 Å². The fraction of sp³-hybridized carbons (Fsp3) is 0.552. The Morgan fingerprint density at radius 1 is 0.842 bits per heavy atom. The quantitative estimate of drug-likeness (QED) is 0.361. The Morgan fingerprint density at radius 2 is 1.53 bits per heavy atom. The van der Waals surface area contributed by atoms with Crippen molar-refractivity contribution in [3.63, 3.8) is 0 Å². The highest BCUT2D eigenvalue weighted by Gasteiger charge is 2.21. The third-order valence-corrected chi connectivity index (χ3v) is 7.79. The van der Waals surface area contributed by atoms with E-state index in [9.17, 15) is 0 Å². The summed E-state index contributed by atoms with van der Waals surface area (Å²) in [6.07, 6.45) is 6.24. The average Bonchev–Trinajstić information content (AvgIpc) is 3.51. The second kappa shape index (κ2) is 10.6. The second-order valence-electron chi connectivity index (χ2n) is 11.0. The number of aromatic nitrogens is 5. The smallest absolute Gasteiger partial charge is 0.158 e. The van der Waals surface area contributed by atoms with E-state index in [0.717, 1.165) is 105 Å². The third kappa shape index (κ3) is 4.79. The van der Waals surface area contributed by atoms with Crippen LogP contribution >= 0.6 is 0 Å². The molecule has 0 N–H and O–H groups in total. The molecule has 9 nitrogen and oxygen atoms in total. The van der Waals surface area contributed by atoms with Crippen molar-refractivity contribution in [1.82, 2.24) is 29.2 Å². The maximum atomic E-state index is 5.58. The first-order valence-electron chi connectivity index (χ1n) is 14.0. The minimum absolute atomic E-state index is 0.314. The molecule has 0 bridgehead atoms. The van der Waals surface area contributed by atoms with Crippen LogP contribution < -0.4 is 4.90 Å². The number of fused-ring (bicyclic) bond motifs is 2. The topological polar surface area (TPSA) is 73.5 Å². The fourth-order valence-electron chi connectivity index (χ4n) is 5.61. The van der Waals surface area contributed by atoms with Gasteiger partial charge in [0.1, 0.15) is 5.52 Å². The van der Waals surface area contributed by atoms with E-state index in [2.05, 4.69) is 65.1 Å². The Bertz CT molecular complexity index is 1410. The predicted molar refractivity (Wildman–Crippen MR) is 151 cm³/mol. The summed E-state index contributed by atoms with van der Waals surface area (Å²) in [5, 5.41) is 6.14. The van der Waals surface area contributed by atoms with Gasteiger partial charge in [-0.2, -0.15) is 5.10 Å². The maximum absolute atomic E-state index is 5.58. The van der Waals surface area contributed by atoms with E-state index in [4.69, 9.17) is 24.5 Å². The zero-order valence-electron chi connectivity index (χ0n) is 23.1. The summed E-state index contributed by atoms with van der Waals surface area (Å²) in [4.78, 5) is 14.8. The lowest BCUT2D eigenvalue weighted by Crippen LogP contribution is -2.38. The number of pyridine rings is 2. The van der Waals surface area contributed by atoms with E-state index < -0.39 is 0 Å². The highest BCUT2D eigenvalue weighted by molar-refractivity contribution is 5.93. The number of nitrogens with zero attached hydrogens (tertiary/aromatic N) is 7. The monoisotopic (exact) mass is 517 g/mol. The maximum Gasteiger partial charge on any atom is 0.158 e. The standard InChI is InChI=1S/C29H39N7O2/c1-20(2)27-24-15-22(18-31-29(24)36(32-27)6-5-33-7-11-37-12-8-33)23-16-25-28(30-17-23)26(19-35(25)21(3)4)34-9-13-38-14-10-34/h15-21H,5-14H2,1-4H3. The van der Waals surface area contributed by atoms with Gasteiger partial charge in [-0.3, -0.25) is 9.88 Å². The van der Waals surface area contributed by atoms with Gasteiger partial charge in [0.25, 0.3) is 0 Å². The number of hydrogen-bond acceptors (Lipinski definition) is 7. The highest BCUT2D eigenvalue weighted by Crippen LogP contribution is 2.34. The van der Waals surface area contributed by atoms with Crippen molar-refractivity contribution in [2.45, 2.75) is 46.2 Å². The molecule has 0 amide bonds. The Balaban J connectivity index is 1.36. The van der Waals surface area contributed by atoms with E-state index in [0.29, 0.717) is 12.0 Å². The molecule has 0 saturated carbocycles. The normalized spacial score (nSPS) is 17.5. The summed E-state index contributed by atoms with van der Waals surface area (Å²) < 4.78 is 15.5. The summed E-state index contributed by atoms with van der Waals surface area (Å²) in [5.41, 5.74) is 7.62. The number of ether oxygens (including phenoxy) is 2. The molecule has 0 radical (unpaired) electrons. The van der Waals surface area contributed by atoms with Gasteiger partial charge in [-0.25, -0.2) is 9.67 Å². The van der Waals surface area contributed by atoms with Gasteiger partial charge < -0.3 is 18.9 Å². The number of morpholine rings is 2. The summed E-state index contributed by atoms with van der Waals surface area (Å²) >= 11 is 0. The van der Waals surface area contributed by atoms with Crippen LogP contribution in [-0.2, 0) is 16.0 Å². The molecule has 0 atom stereocenters. The van der Waals surface area contributed by atoms with Crippen molar-refractivity contribution < 1.29 is 9.47 Å². The molecule has 6 heterocycles. The number of rotatable bonds is 7. The molecule has 9 heteroatoms. The molecule has 2 fully saturated rings. The molecule has 2 aliphatic heterocycles. The molecular weight excluding hydrogens is 478 g/mol. The SMILES string of the molecule is CC(C)c1nn(CCN2CCOCC2)c2ncc(-c3cnc4c(N5CCOCC5)cn(C(C)C)c4c3)cc12. The Hall–Kier alpha value is -3.01. The minimum atomic E-state index is 0.314. The zero-order valence-corrected chi connectivity index (χ0v) is 23.1. The van der Waals surface area contributed by atoms with Gasteiger partial charge in [-0.15, -0.1) is 0 Å². The van der Waals surface area contributed by atoms with Crippen molar-refractivity contribution in [2.75, 3.05) is 64.1 Å².